The molecule has 3 rings (SSSR count). The molecule has 0 aliphatic heterocycles. The number of aryl methyl sites for hydroxylation is 1. The van der Waals surface area contributed by atoms with Crippen LogP contribution in [0.1, 0.15) is 18.4 Å². The van der Waals surface area contributed by atoms with E-state index in [1.54, 1.807) is 31.4 Å². The molecule has 2 N–H and O–H groups in total. The van der Waals surface area contributed by atoms with E-state index in [0.717, 1.165) is 11.3 Å². The molecule has 5 nitrogen and oxygen atoms in total. The van der Waals surface area contributed by atoms with E-state index in [0.29, 0.717) is 24.3 Å². The molecule has 0 unspecified atom stereocenters. The Morgan fingerprint density at radius 2 is 1.71 bits per heavy atom. The number of para-hydroxylation sites is 1. The van der Waals surface area contributed by atoms with Crippen molar-refractivity contribution in [3.05, 3.63) is 54.1 Å². The number of amides is 2. The zero-order chi connectivity index (χ0) is 17.2. The van der Waals surface area contributed by atoms with Gasteiger partial charge in [-0.3, -0.25) is 9.59 Å². The molecule has 2 aromatic carbocycles. The summed E-state index contributed by atoms with van der Waals surface area (Å²) in [6.45, 7) is 1.92. The van der Waals surface area contributed by atoms with Crippen LogP contribution in [0.2, 0.25) is 0 Å². The van der Waals surface area contributed by atoms with Gasteiger partial charge in [-0.05, 0) is 43.5 Å². The maximum Gasteiger partial charge on any atom is 0.240 e. The molecule has 24 heavy (non-hydrogen) atoms. The molecule has 0 radical (unpaired) electrons. The van der Waals surface area contributed by atoms with Gasteiger partial charge in [0.1, 0.15) is 11.2 Å². The first kappa shape index (κ1) is 16.1. The van der Waals surface area contributed by atoms with Crippen LogP contribution in [0, 0.1) is 12.3 Å². The van der Waals surface area contributed by atoms with Crippen molar-refractivity contribution in [3.63, 3.8) is 0 Å². The van der Waals surface area contributed by atoms with Gasteiger partial charge in [0, 0.05) is 17.4 Å². The largest absolute Gasteiger partial charge is 0.497 e. The summed E-state index contributed by atoms with van der Waals surface area (Å²) < 4.78 is 5.15. The first-order chi connectivity index (χ1) is 11.5. The number of ether oxygens (including phenoxy) is 1. The Kier molecular flexibility index (Phi) is 4.25. The number of anilines is 2. The van der Waals surface area contributed by atoms with E-state index in [4.69, 9.17) is 4.74 Å². The molecule has 2 amide bonds. The lowest BCUT2D eigenvalue weighted by Crippen LogP contribution is -2.35. The van der Waals surface area contributed by atoms with Gasteiger partial charge in [0.05, 0.1) is 7.11 Å². The highest BCUT2D eigenvalue weighted by Crippen LogP contribution is 2.47. The van der Waals surface area contributed by atoms with Crippen LogP contribution in [0.15, 0.2) is 48.5 Å². The molecule has 2 aromatic rings. The third kappa shape index (κ3) is 3.11. The molecule has 0 atom stereocenters. The minimum atomic E-state index is -0.981. The van der Waals surface area contributed by atoms with Crippen LogP contribution in [0.4, 0.5) is 11.4 Å². The Bertz CT molecular complexity index is 782. The number of hydrogen-bond donors (Lipinski definition) is 2. The third-order valence-corrected chi connectivity index (χ3v) is 4.34. The molecule has 0 bridgehead atoms. The van der Waals surface area contributed by atoms with Crippen molar-refractivity contribution in [1.29, 1.82) is 0 Å². The van der Waals surface area contributed by atoms with Crippen LogP contribution < -0.4 is 15.4 Å². The summed E-state index contributed by atoms with van der Waals surface area (Å²) in [7, 11) is 1.57. The number of carbonyl (C=O) groups is 2. The van der Waals surface area contributed by atoms with Crippen molar-refractivity contribution in [2.24, 2.45) is 5.41 Å². The minimum absolute atomic E-state index is 0.253. The lowest BCUT2D eigenvalue weighted by atomic mass is 10.0. The van der Waals surface area contributed by atoms with Gasteiger partial charge < -0.3 is 15.4 Å². The van der Waals surface area contributed by atoms with Crippen LogP contribution >= 0.6 is 0 Å². The Morgan fingerprint density at radius 3 is 2.38 bits per heavy atom. The number of benzene rings is 2. The van der Waals surface area contributed by atoms with Gasteiger partial charge in [-0.1, -0.05) is 24.3 Å². The van der Waals surface area contributed by atoms with Crippen LogP contribution in [-0.2, 0) is 9.59 Å². The lowest BCUT2D eigenvalue weighted by Gasteiger charge is -2.16. The first-order valence-electron chi connectivity index (χ1n) is 7.88. The third-order valence-electron chi connectivity index (χ3n) is 4.34. The van der Waals surface area contributed by atoms with Crippen molar-refractivity contribution in [3.8, 4) is 5.75 Å². The first-order valence-corrected chi connectivity index (χ1v) is 7.88. The molecule has 1 aliphatic carbocycles. The van der Waals surface area contributed by atoms with Gasteiger partial charge in [-0.2, -0.15) is 0 Å². The molecule has 1 aliphatic rings. The Balaban J connectivity index is 1.72. The molecule has 0 heterocycles. The molecular formula is C19H20N2O3. The monoisotopic (exact) mass is 324 g/mol. The summed E-state index contributed by atoms with van der Waals surface area (Å²) in [4.78, 5) is 25.2. The molecule has 124 valence electrons. The van der Waals surface area contributed by atoms with Crippen LogP contribution in [0.3, 0.4) is 0 Å². The maximum absolute atomic E-state index is 12.6. The van der Waals surface area contributed by atoms with Gasteiger partial charge >= 0.3 is 0 Å². The smallest absolute Gasteiger partial charge is 0.240 e. The van der Waals surface area contributed by atoms with Gasteiger partial charge in [-0.15, -0.1) is 0 Å². The molecule has 5 heteroatoms. The van der Waals surface area contributed by atoms with Crippen LogP contribution in [0.5, 0.6) is 5.75 Å². The van der Waals surface area contributed by atoms with Crippen LogP contribution in [0.25, 0.3) is 0 Å². The molecule has 1 fully saturated rings. The van der Waals surface area contributed by atoms with E-state index in [9.17, 15) is 9.59 Å². The summed E-state index contributed by atoms with van der Waals surface area (Å²) in [6, 6.07) is 14.6. The second-order valence-corrected chi connectivity index (χ2v) is 6.04. The topological polar surface area (TPSA) is 67.4 Å². The normalized spacial score (nSPS) is 14.6. The predicted octanol–water partition coefficient (Wildman–Crippen LogP) is 3.36. The van der Waals surface area contributed by atoms with Crippen molar-refractivity contribution in [1.82, 2.24) is 0 Å². The van der Waals surface area contributed by atoms with Crippen molar-refractivity contribution >= 4 is 23.2 Å². The quantitative estimate of drug-likeness (QED) is 0.829. The number of hydrogen-bond acceptors (Lipinski definition) is 3. The summed E-state index contributed by atoms with van der Waals surface area (Å²) in [5.74, 6) is 0.126. The van der Waals surface area contributed by atoms with E-state index >= 15 is 0 Å². The lowest BCUT2D eigenvalue weighted by molar-refractivity contribution is -0.131. The second-order valence-electron chi connectivity index (χ2n) is 6.04. The van der Waals surface area contributed by atoms with E-state index in [-0.39, 0.29) is 11.8 Å². The Morgan fingerprint density at radius 1 is 1.00 bits per heavy atom. The van der Waals surface area contributed by atoms with Gasteiger partial charge in [0.15, 0.2) is 0 Å². The highest BCUT2D eigenvalue weighted by molar-refractivity contribution is 6.17. The van der Waals surface area contributed by atoms with E-state index in [1.807, 2.05) is 31.2 Å². The number of carbonyl (C=O) groups excluding carboxylic acids is 2. The molecular weight excluding hydrogens is 304 g/mol. The van der Waals surface area contributed by atoms with Crippen molar-refractivity contribution < 1.29 is 14.3 Å². The Labute approximate surface area is 141 Å². The maximum atomic E-state index is 12.6. The van der Waals surface area contributed by atoms with E-state index < -0.39 is 5.41 Å². The summed E-state index contributed by atoms with van der Waals surface area (Å²) in [5, 5.41) is 5.70. The zero-order valence-electron chi connectivity index (χ0n) is 13.8. The molecule has 0 saturated heterocycles. The zero-order valence-corrected chi connectivity index (χ0v) is 13.8. The highest BCUT2D eigenvalue weighted by Gasteiger charge is 2.56. The SMILES string of the molecule is COc1cccc(NC(=O)C2(C(=O)Nc3ccccc3C)CC2)c1. The van der Waals surface area contributed by atoms with E-state index in [2.05, 4.69) is 10.6 Å². The highest BCUT2D eigenvalue weighted by atomic mass is 16.5. The van der Waals surface area contributed by atoms with Crippen molar-refractivity contribution in [2.75, 3.05) is 17.7 Å². The summed E-state index contributed by atoms with van der Waals surface area (Å²) in [5.41, 5.74) is 1.35. The molecule has 1 saturated carbocycles. The van der Waals surface area contributed by atoms with Gasteiger partial charge in [0.25, 0.3) is 0 Å². The molecule has 0 spiro atoms. The second kappa shape index (κ2) is 6.35. The predicted molar refractivity (Wildman–Crippen MR) is 93.1 cm³/mol. The van der Waals surface area contributed by atoms with Crippen molar-refractivity contribution in [2.45, 2.75) is 19.8 Å². The number of methoxy groups -OCH3 is 1. The summed E-state index contributed by atoms with van der Waals surface area (Å²) >= 11 is 0. The fourth-order valence-corrected chi connectivity index (χ4v) is 2.59. The van der Waals surface area contributed by atoms with E-state index in [1.165, 1.54) is 0 Å². The standard InChI is InChI=1S/C19H20N2O3/c1-13-6-3-4-9-16(13)21-18(23)19(10-11-19)17(22)20-14-7-5-8-15(12-14)24-2/h3-9,12H,10-11H2,1-2H3,(H,20,22)(H,21,23). The number of rotatable bonds is 5. The fourth-order valence-electron chi connectivity index (χ4n) is 2.59. The Hall–Kier alpha value is -2.82. The number of nitrogens with one attached hydrogen (secondary N) is 2. The van der Waals surface area contributed by atoms with Gasteiger partial charge in [0.2, 0.25) is 11.8 Å². The fraction of sp³-hybridized carbons (Fsp3) is 0.263. The molecule has 0 aromatic heterocycles. The summed E-state index contributed by atoms with van der Waals surface area (Å²) in [6.07, 6.45) is 1.11. The van der Waals surface area contributed by atoms with Gasteiger partial charge in [-0.25, -0.2) is 0 Å². The average Bonchev–Trinajstić information content (AvgIpc) is 3.39. The average molecular weight is 324 g/mol. The van der Waals surface area contributed by atoms with Crippen LogP contribution in [-0.4, -0.2) is 18.9 Å². The minimum Gasteiger partial charge on any atom is -0.497 e.